The molecular formula is C16H17FN4. The number of fused-ring (bicyclic) bond motifs is 1. The first-order valence-electron chi connectivity index (χ1n) is 6.79. The minimum atomic E-state index is -0.368. The predicted molar refractivity (Wildman–Crippen MR) is 84.3 cm³/mol. The molecule has 0 spiro atoms. The third-order valence-corrected chi connectivity index (χ3v) is 3.51. The largest absolute Gasteiger partial charge is 0.399 e. The van der Waals surface area contributed by atoms with Crippen molar-refractivity contribution in [2.24, 2.45) is 0 Å². The number of benzene rings is 1. The molecule has 0 aliphatic rings. The highest BCUT2D eigenvalue weighted by Gasteiger charge is 2.07. The minimum absolute atomic E-state index is 0.368. The second-order valence-corrected chi connectivity index (χ2v) is 5.01. The van der Waals surface area contributed by atoms with Crippen molar-refractivity contribution in [3.63, 3.8) is 0 Å². The fourth-order valence-electron chi connectivity index (χ4n) is 2.26. The summed E-state index contributed by atoms with van der Waals surface area (Å²) < 4.78 is 14.4. The molecule has 0 fully saturated rings. The van der Waals surface area contributed by atoms with E-state index in [0.29, 0.717) is 6.54 Å². The van der Waals surface area contributed by atoms with Gasteiger partial charge in [0.1, 0.15) is 12.3 Å². The number of pyridine rings is 1. The van der Waals surface area contributed by atoms with Gasteiger partial charge in [0, 0.05) is 49.0 Å². The second-order valence-electron chi connectivity index (χ2n) is 5.01. The molecular weight excluding hydrogens is 267 g/mol. The van der Waals surface area contributed by atoms with Gasteiger partial charge in [-0.1, -0.05) is 12.1 Å². The Labute approximate surface area is 122 Å². The molecule has 0 aliphatic heterocycles. The standard InChI is InChI=1S/C16H17FN4/c1-20(9-7-17)14-6-8-21-11-15(19-16(21)10-14)12-2-4-13(18)5-3-12/h2-6,8,10-11H,7,9,18H2,1H3. The summed E-state index contributed by atoms with van der Waals surface area (Å²) in [5.41, 5.74) is 10.1. The number of imidazole rings is 1. The summed E-state index contributed by atoms with van der Waals surface area (Å²) >= 11 is 0. The second kappa shape index (κ2) is 5.44. The van der Waals surface area contributed by atoms with Crippen molar-refractivity contribution in [1.29, 1.82) is 0 Å². The summed E-state index contributed by atoms with van der Waals surface area (Å²) in [5, 5.41) is 0. The van der Waals surface area contributed by atoms with Gasteiger partial charge in [0.25, 0.3) is 0 Å². The van der Waals surface area contributed by atoms with Crippen LogP contribution in [0.4, 0.5) is 15.8 Å². The fourth-order valence-corrected chi connectivity index (χ4v) is 2.26. The van der Waals surface area contributed by atoms with E-state index in [4.69, 9.17) is 5.73 Å². The van der Waals surface area contributed by atoms with Crippen LogP contribution in [-0.4, -0.2) is 29.7 Å². The number of anilines is 2. The summed E-state index contributed by atoms with van der Waals surface area (Å²) in [6.07, 6.45) is 3.91. The van der Waals surface area contributed by atoms with Gasteiger partial charge in [0.2, 0.25) is 0 Å². The molecule has 2 aromatic heterocycles. The van der Waals surface area contributed by atoms with Crippen LogP contribution in [-0.2, 0) is 0 Å². The molecule has 0 atom stereocenters. The van der Waals surface area contributed by atoms with Crippen molar-refractivity contribution in [3.05, 3.63) is 48.8 Å². The van der Waals surface area contributed by atoms with Crippen LogP contribution >= 0.6 is 0 Å². The smallest absolute Gasteiger partial charge is 0.139 e. The normalized spacial score (nSPS) is 11.0. The number of halogens is 1. The van der Waals surface area contributed by atoms with E-state index in [9.17, 15) is 4.39 Å². The average Bonchev–Trinajstić information content (AvgIpc) is 2.91. The first-order chi connectivity index (χ1) is 10.2. The van der Waals surface area contributed by atoms with Gasteiger partial charge in [-0.15, -0.1) is 0 Å². The molecule has 3 rings (SSSR count). The topological polar surface area (TPSA) is 46.6 Å². The number of hydrogen-bond donors (Lipinski definition) is 1. The van der Waals surface area contributed by atoms with E-state index in [-0.39, 0.29) is 6.67 Å². The molecule has 0 unspecified atom stereocenters. The first-order valence-corrected chi connectivity index (χ1v) is 6.79. The van der Waals surface area contributed by atoms with Gasteiger partial charge in [-0.05, 0) is 18.2 Å². The molecule has 21 heavy (non-hydrogen) atoms. The first kappa shape index (κ1) is 13.4. The highest BCUT2D eigenvalue weighted by molar-refractivity contribution is 5.66. The lowest BCUT2D eigenvalue weighted by Gasteiger charge is -2.17. The van der Waals surface area contributed by atoms with Crippen LogP contribution in [0.3, 0.4) is 0 Å². The van der Waals surface area contributed by atoms with Crippen molar-refractivity contribution < 1.29 is 4.39 Å². The predicted octanol–water partition coefficient (Wildman–Crippen LogP) is 2.99. The summed E-state index contributed by atoms with van der Waals surface area (Å²) in [7, 11) is 1.87. The molecule has 2 N–H and O–H groups in total. The van der Waals surface area contributed by atoms with Crippen LogP contribution in [0.1, 0.15) is 0 Å². The van der Waals surface area contributed by atoms with E-state index in [1.807, 2.05) is 65.1 Å². The van der Waals surface area contributed by atoms with Crippen LogP contribution < -0.4 is 10.6 Å². The van der Waals surface area contributed by atoms with Crippen molar-refractivity contribution in [2.75, 3.05) is 30.9 Å². The highest BCUT2D eigenvalue weighted by Crippen LogP contribution is 2.22. The van der Waals surface area contributed by atoms with Crippen LogP contribution in [0.5, 0.6) is 0 Å². The van der Waals surface area contributed by atoms with Crippen molar-refractivity contribution in [3.8, 4) is 11.3 Å². The molecule has 0 radical (unpaired) electrons. The molecule has 0 amide bonds. The van der Waals surface area contributed by atoms with E-state index in [1.54, 1.807) is 0 Å². The number of nitrogens with two attached hydrogens (primary N) is 1. The number of aromatic nitrogens is 2. The van der Waals surface area contributed by atoms with Crippen LogP contribution in [0.2, 0.25) is 0 Å². The Morgan fingerprint density at radius 2 is 2.00 bits per heavy atom. The van der Waals surface area contributed by atoms with Crippen molar-refractivity contribution in [2.45, 2.75) is 0 Å². The summed E-state index contributed by atoms with van der Waals surface area (Å²) in [4.78, 5) is 6.49. The van der Waals surface area contributed by atoms with Gasteiger partial charge in [-0.3, -0.25) is 0 Å². The van der Waals surface area contributed by atoms with Gasteiger partial charge >= 0.3 is 0 Å². The molecule has 5 heteroatoms. The SMILES string of the molecule is CN(CCF)c1ccn2cc(-c3ccc(N)cc3)nc2c1. The lowest BCUT2D eigenvalue weighted by atomic mass is 10.1. The minimum Gasteiger partial charge on any atom is -0.399 e. The summed E-state index contributed by atoms with van der Waals surface area (Å²) in [5.74, 6) is 0. The van der Waals surface area contributed by atoms with Gasteiger partial charge in [0.15, 0.2) is 0 Å². The molecule has 1 aromatic carbocycles. The molecule has 2 heterocycles. The monoisotopic (exact) mass is 284 g/mol. The maximum absolute atomic E-state index is 12.4. The third-order valence-electron chi connectivity index (χ3n) is 3.51. The molecule has 0 aliphatic carbocycles. The van der Waals surface area contributed by atoms with E-state index in [1.165, 1.54) is 0 Å². The van der Waals surface area contributed by atoms with Crippen molar-refractivity contribution in [1.82, 2.24) is 9.38 Å². The number of nitrogens with zero attached hydrogens (tertiary/aromatic N) is 3. The summed E-state index contributed by atoms with van der Waals surface area (Å²) in [6.45, 7) is 0.00844. The van der Waals surface area contributed by atoms with Crippen LogP contribution in [0.15, 0.2) is 48.8 Å². The van der Waals surface area contributed by atoms with Gasteiger partial charge in [-0.2, -0.15) is 0 Å². The molecule has 0 bridgehead atoms. The van der Waals surface area contributed by atoms with Gasteiger partial charge < -0.3 is 15.0 Å². The Balaban J connectivity index is 1.98. The molecule has 0 saturated heterocycles. The summed E-state index contributed by atoms with van der Waals surface area (Å²) in [6, 6.07) is 11.5. The zero-order valence-corrected chi connectivity index (χ0v) is 11.8. The highest BCUT2D eigenvalue weighted by atomic mass is 19.1. The van der Waals surface area contributed by atoms with E-state index in [0.717, 1.165) is 28.3 Å². The van der Waals surface area contributed by atoms with E-state index < -0.39 is 0 Å². The zero-order valence-electron chi connectivity index (χ0n) is 11.8. The quantitative estimate of drug-likeness (QED) is 0.749. The van der Waals surface area contributed by atoms with Gasteiger partial charge in [0.05, 0.1) is 5.69 Å². The maximum atomic E-state index is 12.4. The average molecular weight is 284 g/mol. The number of rotatable bonds is 4. The number of alkyl halides is 1. The van der Waals surface area contributed by atoms with Crippen LogP contribution in [0, 0.1) is 0 Å². The Morgan fingerprint density at radius 1 is 1.24 bits per heavy atom. The number of nitrogen functional groups attached to an aromatic ring is 1. The molecule has 108 valence electrons. The Morgan fingerprint density at radius 3 is 2.71 bits per heavy atom. The lowest BCUT2D eigenvalue weighted by molar-refractivity contribution is 0.497. The van der Waals surface area contributed by atoms with E-state index >= 15 is 0 Å². The molecule has 0 saturated carbocycles. The van der Waals surface area contributed by atoms with Crippen LogP contribution in [0.25, 0.3) is 16.9 Å². The molecule has 3 aromatic rings. The Bertz CT molecular complexity index is 749. The van der Waals surface area contributed by atoms with Crippen molar-refractivity contribution >= 4 is 17.0 Å². The van der Waals surface area contributed by atoms with E-state index in [2.05, 4.69) is 4.98 Å². The Kier molecular flexibility index (Phi) is 3.48. The van der Waals surface area contributed by atoms with Gasteiger partial charge in [-0.25, -0.2) is 9.37 Å². The lowest BCUT2D eigenvalue weighted by Crippen LogP contribution is -2.19. The fraction of sp³-hybridized carbons (Fsp3) is 0.188. The third kappa shape index (κ3) is 2.67. The number of hydrogen-bond acceptors (Lipinski definition) is 3. The maximum Gasteiger partial charge on any atom is 0.139 e. The molecule has 4 nitrogen and oxygen atoms in total. The Hall–Kier alpha value is -2.56. The zero-order chi connectivity index (χ0) is 14.8.